The number of hydrogen-bond donors (Lipinski definition) is 3. The Balaban J connectivity index is 1.55. The van der Waals surface area contributed by atoms with E-state index in [-0.39, 0.29) is 24.0 Å². The summed E-state index contributed by atoms with van der Waals surface area (Å²) >= 11 is 1.32. The van der Waals surface area contributed by atoms with Gasteiger partial charge in [0.05, 0.1) is 17.1 Å². The largest absolute Gasteiger partial charge is 0.347 e. The second kappa shape index (κ2) is 10.7. The Kier molecular flexibility index (Phi) is 6.81. The van der Waals surface area contributed by atoms with E-state index >= 15 is 0 Å². The Morgan fingerprint density at radius 2 is 1.88 bits per heavy atom. The third-order valence-corrected chi connectivity index (χ3v) is 7.24. The van der Waals surface area contributed by atoms with Crippen molar-refractivity contribution in [3.63, 3.8) is 0 Å². The van der Waals surface area contributed by atoms with Gasteiger partial charge in [-0.2, -0.15) is 4.98 Å². The van der Waals surface area contributed by atoms with Crippen molar-refractivity contribution in [3.05, 3.63) is 117 Å². The molecule has 0 bridgehead atoms. The number of aromatic amines is 1. The smallest absolute Gasteiger partial charge is 0.265 e. The summed E-state index contributed by atoms with van der Waals surface area (Å²) in [6, 6.07) is 15.0. The Hall–Kier alpha value is -5.23. The van der Waals surface area contributed by atoms with Crippen LogP contribution < -0.4 is 16.2 Å². The lowest BCUT2D eigenvalue weighted by Gasteiger charge is -2.16. The number of nitrogens with one attached hydrogen (secondary N) is 3. The van der Waals surface area contributed by atoms with Crippen LogP contribution in [-0.2, 0) is 6.54 Å². The second-order valence-electron chi connectivity index (χ2n) is 9.06. The van der Waals surface area contributed by atoms with Crippen LogP contribution in [0, 0.1) is 18.6 Å². The minimum atomic E-state index is -0.917. The summed E-state index contributed by atoms with van der Waals surface area (Å²) in [7, 11) is 0. The van der Waals surface area contributed by atoms with Crippen molar-refractivity contribution in [3.8, 4) is 16.9 Å². The van der Waals surface area contributed by atoms with E-state index in [4.69, 9.17) is 4.98 Å². The maximum Gasteiger partial charge on any atom is 0.265 e. The number of imidazole rings is 1. The molecule has 41 heavy (non-hydrogen) atoms. The third kappa shape index (κ3) is 5.08. The first-order chi connectivity index (χ1) is 19.9. The van der Waals surface area contributed by atoms with Gasteiger partial charge in [-0.3, -0.25) is 14.2 Å². The highest BCUT2D eigenvalue weighted by molar-refractivity contribution is 7.12. The van der Waals surface area contributed by atoms with Crippen LogP contribution in [0.1, 0.15) is 21.1 Å². The molecule has 0 radical (unpaired) electrons. The van der Waals surface area contributed by atoms with E-state index in [0.717, 1.165) is 22.3 Å². The molecule has 0 aliphatic carbocycles. The minimum absolute atomic E-state index is 0.000805. The van der Waals surface area contributed by atoms with Crippen LogP contribution in [0.3, 0.4) is 0 Å². The highest BCUT2D eigenvalue weighted by Crippen LogP contribution is 2.33. The predicted octanol–water partition coefficient (Wildman–Crippen LogP) is 5.68. The Labute approximate surface area is 235 Å². The molecule has 0 aliphatic rings. The van der Waals surface area contributed by atoms with Gasteiger partial charge in [-0.25, -0.2) is 18.7 Å². The number of carbonyl (C=O) groups excluding carboxylic acids is 1. The highest BCUT2D eigenvalue weighted by atomic mass is 32.1. The average molecular weight is 570 g/mol. The summed E-state index contributed by atoms with van der Waals surface area (Å²) in [6.45, 7) is 2.09. The summed E-state index contributed by atoms with van der Waals surface area (Å²) < 4.78 is 30.8. The van der Waals surface area contributed by atoms with Crippen LogP contribution in [0.15, 0.2) is 83.2 Å². The Bertz CT molecular complexity index is 1930. The number of anilines is 2. The molecular formula is C29H21F2N7O2S. The predicted molar refractivity (Wildman–Crippen MR) is 153 cm³/mol. The van der Waals surface area contributed by atoms with Gasteiger partial charge in [0.2, 0.25) is 5.95 Å². The number of hydrogen-bond acceptors (Lipinski definition) is 7. The molecule has 0 saturated carbocycles. The van der Waals surface area contributed by atoms with Crippen molar-refractivity contribution in [1.82, 2.24) is 24.5 Å². The fourth-order valence-corrected chi connectivity index (χ4v) is 5.05. The number of amides is 1. The molecule has 0 spiro atoms. The first kappa shape index (κ1) is 26.0. The molecule has 6 aromatic rings. The molecule has 204 valence electrons. The van der Waals surface area contributed by atoms with E-state index in [1.165, 1.54) is 29.5 Å². The third-order valence-electron chi connectivity index (χ3n) is 6.38. The molecule has 6 rings (SSSR count). The molecule has 2 aromatic carbocycles. The number of para-hydroxylation sites is 1. The van der Waals surface area contributed by atoms with E-state index in [2.05, 4.69) is 25.6 Å². The fraction of sp³-hybridized carbons (Fsp3) is 0.0690. The number of fused-ring (bicyclic) bond motifs is 1. The molecule has 12 heteroatoms. The minimum Gasteiger partial charge on any atom is -0.347 e. The number of pyridine rings is 1. The van der Waals surface area contributed by atoms with E-state index < -0.39 is 22.9 Å². The number of H-pyrrole nitrogens is 1. The van der Waals surface area contributed by atoms with Crippen molar-refractivity contribution >= 4 is 39.9 Å². The van der Waals surface area contributed by atoms with Crippen molar-refractivity contribution in [2.45, 2.75) is 13.5 Å². The Morgan fingerprint density at radius 1 is 1.05 bits per heavy atom. The zero-order chi connectivity index (χ0) is 28.5. The number of rotatable bonds is 7. The lowest BCUT2D eigenvalue weighted by atomic mass is 10.0. The molecule has 0 aliphatic heterocycles. The molecule has 9 nitrogen and oxygen atoms in total. The van der Waals surface area contributed by atoms with Crippen LogP contribution in [0.25, 0.3) is 28.0 Å². The Morgan fingerprint density at radius 3 is 2.61 bits per heavy atom. The second-order valence-corrected chi connectivity index (χ2v) is 10.0. The van der Waals surface area contributed by atoms with Crippen LogP contribution in [-0.4, -0.2) is 30.4 Å². The van der Waals surface area contributed by atoms with Gasteiger partial charge >= 0.3 is 0 Å². The number of halogens is 2. The summed E-state index contributed by atoms with van der Waals surface area (Å²) in [5.41, 5.74) is 1.14. The molecule has 0 fully saturated rings. The molecule has 4 aromatic heterocycles. The first-order valence-electron chi connectivity index (χ1n) is 12.5. The first-order valence-corrected chi connectivity index (χ1v) is 13.3. The summed E-state index contributed by atoms with van der Waals surface area (Å²) in [6.07, 6.45) is 3.27. The number of thiophene rings is 1. The zero-order valence-corrected chi connectivity index (χ0v) is 22.3. The number of aryl methyl sites for hydroxylation is 1. The van der Waals surface area contributed by atoms with Crippen LogP contribution in [0.5, 0.6) is 0 Å². The summed E-state index contributed by atoms with van der Waals surface area (Å²) in [4.78, 5) is 42.8. The summed E-state index contributed by atoms with van der Waals surface area (Å²) in [5.74, 6) is -1.38. The van der Waals surface area contributed by atoms with Crippen LogP contribution in [0.2, 0.25) is 0 Å². The lowest BCUT2D eigenvalue weighted by Crippen LogP contribution is -2.21. The quantitative estimate of drug-likeness (QED) is 0.228. The molecular weight excluding hydrogens is 548 g/mol. The van der Waals surface area contributed by atoms with Gasteiger partial charge < -0.3 is 15.6 Å². The monoisotopic (exact) mass is 569 g/mol. The molecule has 1 amide bonds. The zero-order valence-electron chi connectivity index (χ0n) is 21.5. The van der Waals surface area contributed by atoms with Gasteiger partial charge in [0.15, 0.2) is 5.65 Å². The van der Waals surface area contributed by atoms with Crippen molar-refractivity contribution < 1.29 is 13.6 Å². The topological polar surface area (TPSA) is 118 Å². The SMILES string of the molecule is Cc1ccc(NC(=O)c2cccs2)cc1-c1nc(NCc2ncc[nH]2)nc2c1ccc(=O)n2-c1c(F)cccc1F. The van der Waals surface area contributed by atoms with Crippen LogP contribution in [0.4, 0.5) is 20.4 Å². The fourth-order valence-electron chi connectivity index (χ4n) is 4.43. The van der Waals surface area contributed by atoms with Gasteiger partial charge in [0.1, 0.15) is 23.1 Å². The van der Waals surface area contributed by atoms with Crippen molar-refractivity contribution in [1.29, 1.82) is 0 Å². The number of carbonyl (C=O) groups is 1. The van der Waals surface area contributed by atoms with Gasteiger partial charge in [-0.1, -0.05) is 18.2 Å². The van der Waals surface area contributed by atoms with Crippen molar-refractivity contribution in [2.24, 2.45) is 0 Å². The summed E-state index contributed by atoms with van der Waals surface area (Å²) in [5, 5.41) is 8.16. The normalized spacial score (nSPS) is 11.1. The standard InChI is InChI=1S/C29H21F2N7O2S/c1-16-7-8-17(35-28(40)22-6-3-13-41-22)14-19(16)25-18-9-10-24(39)38(26-20(30)4-2-5-21(26)31)27(18)37-29(36-25)34-15-23-32-11-12-33-23/h2-14H,15H2,1H3,(H,32,33)(H,35,40)(H,34,36,37). The number of aromatic nitrogens is 5. The molecule has 3 N–H and O–H groups in total. The average Bonchev–Trinajstić information content (AvgIpc) is 3.69. The van der Waals surface area contributed by atoms with Gasteiger partial charge in [-0.15, -0.1) is 11.3 Å². The van der Waals surface area contributed by atoms with E-state index in [0.29, 0.717) is 33.0 Å². The molecule has 0 atom stereocenters. The molecule has 0 saturated heterocycles. The van der Waals surface area contributed by atoms with Gasteiger partial charge in [0, 0.05) is 35.1 Å². The van der Waals surface area contributed by atoms with Crippen LogP contribution >= 0.6 is 11.3 Å². The van der Waals surface area contributed by atoms with E-state index in [1.807, 2.05) is 18.4 Å². The number of nitrogens with zero attached hydrogens (tertiary/aromatic N) is 4. The van der Waals surface area contributed by atoms with Gasteiger partial charge in [-0.05, 0) is 54.3 Å². The lowest BCUT2D eigenvalue weighted by molar-refractivity contribution is 0.103. The maximum atomic E-state index is 14.9. The molecule has 4 heterocycles. The van der Waals surface area contributed by atoms with Crippen molar-refractivity contribution in [2.75, 3.05) is 10.6 Å². The van der Waals surface area contributed by atoms with E-state index in [9.17, 15) is 18.4 Å². The van der Waals surface area contributed by atoms with E-state index in [1.54, 1.807) is 36.7 Å². The molecule has 0 unspecified atom stereocenters. The van der Waals surface area contributed by atoms with Gasteiger partial charge in [0.25, 0.3) is 11.5 Å². The highest BCUT2D eigenvalue weighted by Gasteiger charge is 2.21. The maximum absolute atomic E-state index is 14.9. The number of benzene rings is 2.